The fraction of sp³-hybridized carbons (Fsp3) is 0.412. The molecule has 2 aromatic rings. The van der Waals surface area contributed by atoms with E-state index in [-0.39, 0.29) is 18.6 Å². The summed E-state index contributed by atoms with van der Waals surface area (Å²) < 4.78 is 5.31. The topological polar surface area (TPSA) is 66.6 Å². The number of amides is 1. The molecule has 0 spiro atoms. The molecule has 1 amide bonds. The Morgan fingerprint density at radius 1 is 1.36 bits per heavy atom. The van der Waals surface area contributed by atoms with Gasteiger partial charge in [-0.3, -0.25) is 4.79 Å². The van der Waals surface area contributed by atoms with E-state index in [1.54, 1.807) is 6.07 Å². The summed E-state index contributed by atoms with van der Waals surface area (Å²) in [7, 11) is 0. The highest BCUT2D eigenvalue weighted by Crippen LogP contribution is 2.25. The number of carbonyl (C=O) groups excluding carboxylic acids is 1. The van der Waals surface area contributed by atoms with Gasteiger partial charge in [0.1, 0.15) is 0 Å². The van der Waals surface area contributed by atoms with E-state index in [0.29, 0.717) is 11.5 Å². The van der Waals surface area contributed by atoms with Gasteiger partial charge in [0.05, 0.1) is 0 Å². The number of hydrogen-bond acceptors (Lipinski definition) is 4. The van der Waals surface area contributed by atoms with Crippen molar-refractivity contribution in [2.24, 2.45) is 0 Å². The Balaban J connectivity index is 1.74. The molecule has 1 fully saturated rings. The minimum absolute atomic E-state index is 0.0774. The maximum Gasteiger partial charge on any atom is 0.276 e. The first-order valence-electron chi connectivity index (χ1n) is 7.73. The summed E-state index contributed by atoms with van der Waals surface area (Å²) >= 11 is 0. The van der Waals surface area contributed by atoms with Gasteiger partial charge in [-0.2, -0.15) is 0 Å². The van der Waals surface area contributed by atoms with Crippen molar-refractivity contribution in [1.82, 2.24) is 10.1 Å². The van der Waals surface area contributed by atoms with Gasteiger partial charge in [-0.1, -0.05) is 35.5 Å². The van der Waals surface area contributed by atoms with Crippen LogP contribution < -0.4 is 0 Å². The average molecular weight is 300 g/mol. The van der Waals surface area contributed by atoms with Gasteiger partial charge in [0.15, 0.2) is 11.5 Å². The summed E-state index contributed by atoms with van der Waals surface area (Å²) in [6.07, 6.45) is 3.56. The second kappa shape index (κ2) is 6.75. The highest BCUT2D eigenvalue weighted by atomic mass is 16.5. The third kappa shape index (κ3) is 3.04. The molecule has 3 rings (SSSR count). The SMILES string of the molecule is O=C(c1cc(-c2ccccc2)on1)N1CCCC1CCCO. The van der Waals surface area contributed by atoms with Gasteiger partial charge < -0.3 is 14.5 Å². The predicted octanol–water partition coefficient (Wildman–Crippen LogP) is 2.72. The lowest BCUT2D eigenvalue weighted by Crippen LogP contribution is -2.35. The Labute approximate surface area is 129 Å². The van der Waals surface area contributed by atoms with Gasteiger partial charge >= 0.3 is 0 Å². The van der Waals surface area contributed by atoms with E-state index in [9.17, 15) is 4.79 Å². The lowest BCUT2D eigenvalue weighted by atomic mass is 10.1. The molecule has 116 valence electrons. The minimum atomic E-state index is -0.0774. The quantitative estimate of drug-likeness (QED) is 0.922. The van der Waals surface area contributed by atoms with Gasteiger partial charge in [-0.15, -0.1) is 0 Å². The van der Waals surface area contributed by atoms with Crippen molar-refractivity contribution in [3.8, 4) is 11.3 Å². The van der Waals surface area contributed by atoms with Crippen LogP contribution in [0.2, 0.25) is 0 Å². The van der Waals surface area contributed by atoms with Gasteiger partial charge in [0, 0.05) is 30.8 Å². The van der Waals surface area contributed by atoms with Crippen LogP contribution in [0.15, 0.2) is 40.9 Å². The summed E-state index contributed by atoms with van der Waals surface area (Å²) in [6, 6.07) is 11.5. The van der Waals surface area contributed by atoms with Crippen LogP contribution in [0, 0.1) is 0 Å². The lowest BCUT2D eigenvalue weighted by molar-refractivity contribution is 0.0714. The first kappa shape index (κ1) is 14.8. The maximum absolute atomic E-state index is 12.6. The number of hydrogen-bond donors (Lipinski definition) is 1. The molecule has 5 heteroatoms. The van der Waals surface area contributed by atoms with Gasteiger partial charge in [-0.05, 0) is 25.7 Å². The van der Waals surface area contributed by atoms with Gasteiger partial charge in [0.2, 0.25) is 0 Å². The van der Waals surface area contributed by atoms with Crippen molar-refractivity contribution < 1.29 is 14.4 Å². The number of nitrogens with zero attached hydrogens (tertiary/aromatic N) is 2. The van der Waals surface area contributed by atoms with Crippen molar-refractivity contribution >= 4 is 5.91 Å². The maximum atomic E-state index is 12.6. The molecule has 1 aromatic heterocycles. The van der Waals surface area contributed by atoms with Crippen LogP contribution in [0.1, 0.15) is 36.2 Å². The van der Waals surface area contributed by atoms with Crippen LogP contribution >= 0.6 is 0 Å². The van der Waals surface area contributed by atoms with E-state index in [2.05, 4.69) is 5.16 Å². The molecule has 1 unspecified atom stereocenters. The fourth-order valence-corrected chi connectivity index (χ4v) is 2.99. The zero-order chi connectivity index (χ0) is 15.4. The van der Waals surface area contributed by atoms with Crippen LogP contribution in [0.5, 0.6) is 0 Å². The molecule has 1 aliphatic rings. The van der Waals surface area contributed by atoms with Crippen molar-refractivity contribution in [1.29, 1.82) is 0 Å². The van der Waals surface area contributed by atoms with Crippen LogP contribution in [-0.4, -0.2) is 40.3 Å². The van der Waals surface area contributed by atoms with Gasteiger partial charge in [0.25, 0.3) is 5.91 Å². The molecule has 1 aromatic carbocycles. The molecule has 2 heterocycles. The number of aliphatic hydroxyl groups is 1. The highest BCUT2D eigenvalue weighted by Gasteiger charge is 2.30. The molecule has 5 nitrogen and oxygen atoms in total. The van der Waals surface area contributed by atoms with E-state index >= 15 is 0 Å². The molecule has 1 atom stereocenters. The molecule has 0 bridgehead atoms. The Morgan fingerprint density at radius 3 is 2.95 bits per heavy atom. The molecule has 0 aliphatic carbocycles. The first-order chi connectivity index (χ1) is 10.8. The fourth-order valence-electron chi connectivity index (χ4n) is 2.99. The number of aromatic nitrogens is 1. The average Bonchev–Trinajstić information content (AvgIpc) is 3.22. The number of rotatable bonds is 5. The molecule has 1 aliphatic heterocycles. The van der Waals surface area contributed by atoms with Crippen molar-refractivity contribution in [3.63, 3.8) is 0 Å². The number of likely N-dealkylation sites (tertiary alicyclic amines) is 1. The first-order valence-corrected chi connectivity index (χ1v) is 7.73. The standard InChI is InChI=1S/C17H20N2O3/c20-11-5-9-14-8-4-10-19(14)17(21)15-12-16(22-18-15)13-6-2-1-3-7-13/h1-3,6-7,12,14,20H,4-5,8-11H2. The van der Waals surface area contributed by atoms with Crippen LogP contribution in [0.25, 0.3) is 11.3 Å². The Kier molecular flexibility index (Phi) is 4.53. The zero-order valence-electron chi connectivity index (χ0n) is 12.4. The summed E-state index contributed by atoms with van der Waals surface area (Å²) in [6.45, 7) is 0.920. The summed E-state index contributed by atoms with van der Waals surface area (Å²) in [4.78, 5) is 14.5. The number of carbonyl (C=O) groups is 1. The normalized spacial score (nSPS) is 17.9. The molecule has 22 heavy (non-hydrogen) atoms. The zero-order valence-corrected chi connectivity index (χ0v) is 12.4. The lowest BCUT2D eigenvalue weighted by Gasteiger charge is -2.23. The van der Waals surface area contributed by atoms with E-state index in [4.69, 9.17) is 9.63 Å². The molecular formula is C17H20N2O3. The van der Waals surface area contributed by atoms with E-state index in [1.807, 2.05) is 35.2 Å². The van der Waals surface area contributed by atoms with Crippen LogP contribution in [0.3, 0.4) is 0 Å². The number of benzene rings is 1. The molecular weight excluding hydrogens is 280 g/mol. The summed E-state index contributed by atoms with van der Waals surface area (Å²) in [5.74, 6) is 0.529. The second-order valence-electron chi connectivity index (χ2n) is 5.60. The monoisotopic (exact) mass is 300 g/mol. The van der Waals surface area contributed by atoms with E-state index in [0.717, 1.165) is 37.8 Å². The second-order valence-corrected chi connectivity index (χ2v) is 5.60. The van der Waals surface area contributed by atoms with Gasteiger partial charge in [-0.25, -0.2) is 0 Å². The molecule has 1 N–H and O–H groups in total. The molecule has 1 saturated heterocycles. The molecule has 0 radical (unpaired) electrons. The third-order valence-corrected chi connectivity index (χ3v) is 4.12. The van der Waals surface area contributed by atoms with Crippen molar-refractivity contribution in [2.45, 2.75) is 31.7 Å². The summed E-state index contributed by atoms with van der Waals surface area (Å²) in [5, 5.41) is 12.9. The third-order valence-electron chi connectivity index (χ3n) is 4.12. The van der Waals surface area contributed by atoms with E-state index in [1.165, 1.54) is 0 Å². The minimum Gasteiger partial charge on any atom is -0.396 e. The van der Waals surface area contributed by atoms with E-state index < -0.39 is 0 Å². The van der Waals surface area contributed by atoms with Crippen LogP contribution in [0.4, 0.5) is 0 Å². The Hall–Kier alpha value is -2.14. The summed E-state index contributed by atoms with van der Waals surface area (Å²) in [5.41, 5.74) is 1.27. The molecule has 0 saturated carbocycles. The smallest absolute Gasteiger partial charge is 0.276 e. The largest absolute Gasteiger partial charge is 0.396 e. The van der Waals surface area contributed by atoms with Crippen molar-refractivity contribution in [2.75, 3.05) is 13.2 Å². The Bertz CT molecular complexity index is 624. The Morgan fingerprint density at radius 2 is 2.18 bits per heavy atom. The van der Waals surface area contributed by atoms with Crippen LogP contribution in [-0.2, 0) is 0 Å². The van der Waals surface area contributed by atoms with Crippen molar-refractivity contribution in [3.05, 3.63) is 42.1 Å². The highest BCUT2D eigenvalue weighted by molar-refractivity contribution is 5.93. The number of aliphatic hydroxyl groups excluding tert-OH is 1. The predicted molar refractivity (Wildman–Crippen MR) is 82.3 cm³/mol.